The summed E-state index contributed by atoms with van der Waals surface area (Å²) in [7, 11) is 0. The van der Waals surface area contributed by atoms with Crippen molar-refractivity contribution in [1.29, 1.82) is 0 Å². The zero-order valence-electron chi connectivity index (χ0n) is 12.9. The normalized spacial score (nSPS) is 13.2. The highest BCUT2D eigenvalue weighted by atomic mass is 16.3. The summed E-state index contributed by atoms with van der Waals surface area (Å²) in [6, 6.07) is 17.4. The molecule has 3 N–H and O–H groups in total. The predicted octanol–water partition coefficient (Wildman–Crippen LogP) is 3.49. The Morgan fingerprint density at radius 1 is 1.00 bits per heavy atom. The monoisotopic (exact) mass is 298 g/mol. The lowest BCUT2D eigenvalue weighted by atomic mass is 10.1. The maximum Gasteiger partial charge on any atom is 0.319 e. The van der Waals surface area contributed by atoms with E-state index in [9.17, 15) is 4.79 Å². The Hall–Kier alpha value is -2.33. The Morgan fingerprint density at radius 3 is 2.18 bits per heavy atom. The van der Waals surface area contributed by atoms with E-state index in [1.165, 1.54) is 0 Å². The van der Waals surface area contributed by atoms with Gasteiger partial charge in [-0.15, -0.1) is 0 Å². The Labute approximate surface area is 131 Å². The number of nitrogens with one attached hydrogen (secondary N) is 2. The summed E-state index contributed by atoms with van der Waals surface area (Å²) < 4.78 is 0. The molecule has 0 radical (unpaired) electrons. The molecule has 0 aliphatic heterocycles. The van der Waals surface area contributed by atoms with Gasteiger partial charge in [-0.25, -0.2) is 4.79 Å². The van der Waals surface area contributed by atoms with Gasteiger partial charge in [0.05, 0.1) is 0 Å². The number of carbonyl (C=O) groups excluding carboxylic acids is 1. The van der Waals surface area contributed by atoms with Gasteiger partial charge in [0.2, 0.25) is 0 Å². The lowest BCUT2D eigenvalue weighted by Crippen LogP contribution is -2.40. The first-order chi connectivity index (χ1) is 10.6. The van der Waals surface area contributed by atoms with E-state index in [1.807, 2.05) is 68.4 Å². The lowest BCUT2D eigenvalue weighted by Gasteiger charge is -2.19. The minimum Gasteiger partial charge on any atom is -0.396 e. The van der Waals surface area contributed by atoms with Crippen molar-refractivity contribution in [1.82, 2.24) is 5.32 Å². The van der Waals surface area contributed by atoms with Gasteiger partial charge in [-0.1, -0.05) is 49.4 Å². The minimum atomic E-state index is -0.264. The molecule has 4 heteroatoms. The number of anilines is 1. The standard InChI is InChI=1S/C18H22N2O2/c1-13(12-21)14(2)19-18(22)20-17-10-8-16(9-11-17)15-6-4-3-5-7-15/h3-11,13-14,21H,12H2,1-2H3,(H2,19,20,22). The van der Waals surface area contributed by atoms with E-state index in [2.05, 4.69) is 10.6 Å². The third-order valence-corrected chi connectivity index (χ3v) is 3.75. The number of aliphatic hydroxyl groups excluding tert-OH is 1. The molecule has 4 nitrogen and oxygen atoms in total. The maximum atomic E-state index is 11.9. The van der Waals surface area contributed by atoms with Crippen LogP contribution in [0.4, 0.5) is 10.5 Å². The van der Waals surface area contributed by atoms with Crippen molar-refractivity contribution in [3.05, 3.63) is 54.6 Å². The molecule has 116 valence electrons. The average Bonchev–Trinajstić information content (AvgIpc) is 2.55. The van der Waals surface area contributed by atoms with Crippen LogP contribution in [0.5, 0.6) is 0 Å². The number of carbonyl (C=O) groups is 1. The van der Waals surface area contributed by atoms with E-state index in [1.54, 1.807) is 0 Å². The summed E-state index contributed by atoms with van der Waals surface area (Å²) in [6.07, 6.45) is 0. The lowest BCUT2D eigenvalue weighted by molar-refractivity contribution is 0.204. The van der Waals surface area contributed by atoms with Gasteiger partial charge >= 0.3 is 6.03 Å². The predicted molar refractivity (Wildman–Crippen MR) is 89.7 cm³/mol. The summed E-state index contributed by atoms with van der Waals surface area (Å²) in [5.41, 5.74) is 2.98. The summed E-state index contributed by atoms with van der Waals surface area (Å²) in [5, 5.41) is 14.7. The molecule has 0 aliphatic rings. The summed E-state index contributed by atoms with van der Waals surface area (Å²) in [4.78, 5) is 11.9. The minimum absolute atomic E-state index is 0.0196. The highest BCUT2D eigenvalue weighted by Crippen LogP contribution is 2.20. The molecular weight excluding hydrogens is 276 g/mol. The van der Waals surface area contributed by atoms with Gasteiger partial charge in [-0.3, -0.25) is 0 Å². The van der Waals surface area contributed by atoms with E-state index in [0.717, 1.165) is 16.8 Å². The molecule has 2 atom stereocenters. The first-order valence-electron chi connectivity index (χ1n) is 7.44. The second-order valence-electron chi connectivity index (χ2n) is 5.49. The van der Waals surface area contributed by atoms with Gasteiger partial charge in [0.15, 0.2) is 0 Å². The molecule has 22 heavy (non-hydrogen) atoms. The molecule has 0 saturated heterocycles. The molecule has 0 aliphatic carbocycles. The fourth-order valence-electron chi connectivity index (χ4n) is 2.05. The number of aliphatic hydroxyl groups is 1. The molecule has 0 heterocycles. The highest BCUT2D eigenvalue weighted by molar-refractivity contribution is 5.89. The van der Waals surface area contributed by atoms with E-state index < -0.39 is 0 Å². The third-order valence-electron chi connectivity index (χ3n) is 3.75. The van der Waals surface area contributed by atoms with Crippen molar-refractivity contribution in [2.45, 2.75) is 19.9 Å². The van der Waals surface area contributed by atoms with Crippen molar-refractivity contribution in [2.24, 2.45) is 5.92 Å². The third kappa shape index (κ3) is 4.33. The van der Waals surface area contributed by atoms with Crippen molar-refractivity contribution in [3.63, 3.8) is 0 Å². The van der Waals surface area contributed by atoms with Gasteiger partial charge in [0, 0.05) is 18.3 Å². The van der Waals surface area contributed by atoms with Crippen LogP contribution in [0.25, 0.3) is 11.1 Å². The van der Waals surface area contributed by atoms with E-state index in [-0.39, 0.29) is 24.6 Å². The Balaban J connectivity index is 1.95. The van der Waals surface area contributed by atoms with Crippen molar-refractivity contribution < 1.29 is 9.90 Å². The number of hydrogen-bond acceptors (Lipinski definition) is 2. The van der Waals surface area contributed by atoms with E-state index in [0.29, 0.717) is 0 Å². The molecule has 0 saturated carbocycles. The van der Waals surface area contributed by atoms with Gasteiger partial charge in [0.1, 0.15) is 0 Å². The summed E-state index contributed by atoms with van der Waals surface area (Å²) in [6.45, 7) is 3.81. The first-order valence-corrected chi connectivity index (χ1v) is 7.44. The molecule has 0 spiro atoms. The number of benzene rings is 2. The van der Waals surface area contributed by atoms with Crippen LogP contribution in [0, 0.1) is 5.92 Å². The molecule has 0 bridgehead atoms. The smallest absolute Gasteiger partial charge is 0.319 e. The molecule has 2 aromatic rings. The molecule has 2 amide bonds. The fourth-order valence-corrected chi connectivity index (χ4v) is 2.05. The van der Waals surface area contributed by atoms with Crippen molar-refractivity contribution in [3.8, 4) is 11.1 Å². The quantitative estimate of drug-likeness (QED) is 0.791. The summed E-state index contributed by atoms with van der Waals surface area (Å²) >= 11 is 0. The Morgan fingerprint density at radius 2 is 1.59 bits per heavy atom. The van der Waals surface area contributed by atoms with E-state index in [4.69, 9.17) is 5.11 Å². The van der Waals surface area contributed by atoms with Crippen molar-refractivity contribution in [2.75, 3.05) is 11.9 Å². The number of urea groups is 1. The van der Waals surface area contributed by atoms with Gasteiger partial charge in [-0.2, -0.15) is 0 Å². The van der Waals surface area contributed by atoms with Crippen LogP contribution in [0.2, 0.25) is 0 Å². The number of amides is 2. The second kappa shape index (κ2) is 7.61. The van der Waals surface area contributed by atoms with Gasteiger partial charge in [0.25, 0.3) is 0 Å². The average molecular weight is 298 g/mol. The van der Waals surface area contributed by atoms with Crippen molar-refractivity contribution >= 4 is 11.7 Å². The number of rotatable bonds is 5. The van der Waals surface area contributed by atoms with Crippen LogP contribution >= 0.6 is 0 Å². The summed E-state index contributed by atoms with van der Waals surface area (Å²) in [5.74, 6) is 0.0196. The zero-order chi connectivity index (χ0) is 15.9. The highest BCUT2D eigenvalue weighted by Gasteiger charge is 2.13. The molecule has 2 unspecified atom stereocenters. The van der Waals surface area contributed by atoms with Gasteiger partial charge in [-0.05, 0) is 36.1 Å². The Bertz CT molecular complexity index is 596. The fraction of sp³-hybridized carbons (Fsp3) is 0.278. The topological polar surface area (TPSA) is 61.4 Å². The molecular formula is C18H22N2O2. The second-order valence-corrected chi connectivity index (χ2v) is 5.49. The Kier molecular flexibility index (Phi) is 5.55. The van der Waals surface area contributed by atoms with Crippen LogP contribution in [-0.4, -0.2) is 23.8 Å². The maximum absolute atomic E-state index is 11.9. The SMILES string of the molecule is CC(CO)C(C)NC(=O)Nc1ccc(-c2ccccc2)cc1. The first kappa shape index (κ1) is 16.0. The number of hydrogen-bond donors (Lipinski definition) is 3. The molecule has 2 aromatic carbocycles. The zero-order valence-corrected chi connectivity index (χ0v) is 12.9. The largest absolute Gasteiger partial charge is 0.396 e. The van der Waals surface area contributed by atoms with Crippen LogP contribution < -0.4 is 10.6 Å². The van der Waals surface area contributed by atoms with Crippen LogP contribution in [0.15, 0.2) is 54.6 Å². The van der Waals surface area contributed by atoms with Crippen LogP contribution in [-0.2, 0) is 0 Å². The van der Waals surface area contributed by atoms with Crippen LogP contribution in [0.3, 0.4) is 0 Å². The molecule has 0 aromatic heterocycles. The van der Waals surface area contributed by atoms with Crippen LogP contribution in [0.1, 0.15) is 13.8 Å². The molecule has 2 rings (SSSR count). The van der Waals surface area contributed by atoms with E-state index >= 15 is 0 Å². The molecule has 0 fully saturated rings. The van der Waals surface area contributed by atoms with Gasteiger partial charge < -0.3 is 15.7 Å².